The van der Waals surface area contributed by atoms with Gasteiger partial charge in [0, 0.05) is 10.7 Å². The number of hydrogen-bond acceptors (Lipinski definition) is 2. The Morgan fingerprint density at radius 3 is 2.81 bits per heavy atom. The molecular formula is C11H12ClFN2O. The van der Waals surface area contributed by atoms with Crippen molar-refractivity contribution < 1.29 is 9.18 Å². The number of nitrogen functional groups attached to an aromatic ring is 1. The van der Waals surface area contributed by atoms with Crippen molar-refractivity contribution in [1.29, 1.82) is 0 Å². The average molecular weight is 243 g/mol. The Balaban J connectivity index is 2.95. The lowest BCUT2D eigenvalue weighted by Crippen LogP contribution is -2.25. The Hall–Kier alpha value is -1.55. The number of benzene rings is 1. The smallest absolute Gasteiger partial charge is 0.254 e. The second-order valence-corrected chi connectivity index (χ2v) is 3.93. The lowest BCUT2D eigenvalue weighted by atomic mass is 10.1. The number of nitrogens with one attached hydrogen (secondary N) is 1. The Bertz CT molecular complexity index is 446. The first-order valence-corrected chi connectivity index (χ1v) is 4.96. The van der Waals surface area contributed by atoms with Gasteiger partial charge in [-0.1, -0.05) is 18.2 Å². The molecule has 0 radical (unpaired) electrons. The van der Waals surface area contributed by atoms with E-state index in [1.54, 1.807) is 6.92 Å². The maximum absolute atomic E-state index is 13.6. The van der Waals surface area contributed by atoms with E-state index in [0.29, 0.717) is 11.3 Å². The van der Waals surface area contributed by atoms with Crippen LogP contribution in [0, 0.1) is 12.7 Å². The summed E-state index contributed by atoms with van der Waals surface area (Å²) in [4.78, 5) is 11.6. The van der Waals surface area contributed by atoms with Crippen molar-refractivity contribution in [3.63, 3.8) is 0 Å². The molecule has 0 aliphatic rings. The number of amides is 1. The SMILES string of the molecule is C=C(Cl)CNC(=O)c1cc(N)cc(C)c1F. The van der Waals surface area contributed by atoms with E-state index in [1.807, 2.05) is 0 Å². The van der Waals surface area contributed by atoms with Gasteiger partial charge in [0.15, 0.2) is 0 Å². The molecule has 3 N–H and O–H groups in total. The molecule has 0 atom stereocenters. The second kappa shape index (κ2) is 4.99. The number of nitrogens with two attached hydrogens (primary N) is 1. The van der Waals surface area contributed by atoms with Crippen LogP contribution in [0.4, 0.5) is 10.1 Å². The van der Waals surface area contributed by atoms with Crippen molar-refractivity contribution in [1.82, 2.24) is 5.32 Å². The molecule has 0 saturated carbocycles. The van der Waals surface area contributed by atoms with Gasteiger partial charge in [0.2, 0.25) is 0 Å². The van der Waals surface area contributed by atoms with Crippen molar-refractivity contribution in [2.75, 3.05) is 12.3 Å². The van der Waals surface area contributed by atoms with Gasteiger partial charge in [-0.2, -0.15) is 0 Å². The summed E-state index contributed by atoms with van der Waals surface area (Å²) in [5.41, 5.74) is 6.11. The van der Waals surface area contributed by atoms with Crippen LogP contribution in [-0.2, 0) is 0 Å². The summed E-state index contributed by atoms with van der Waals surface area (Å²) in [5, 5.41) is 2.70. The number of carbonyl (C=O) groups is 1. The molecule has 0 bridgehead atoms. The maximum atomic E-state index is 13.6. The minimum absolute atomic E-state index is 0.0876. The minimum atomic E-state index is -0.577. The third-order valence-corrected chi connectivity index (χ3v) is 2.10. The van der Waals surface area contributed by atoms with Gasteiger partial charge in [-0.05, 0) is 24.6 Å². The molecular weight excluding hydrogens is 231 g/mol. The molecule has 0 unspecified atom stereocenters. The van der Waals surface area contributed by atoms with Crippen LogP contribution in [-0.4, -0.2) is 12.5 Å². The standard InChI is InChI=1S/C11H12ClFN2O/c1-6-3-8(14)4-9(10(6)13)11(16)15-5-7(2)12/h3-4H,2,5,14H2,1H3,(H,15,16). The Labute approximate surface area is 98.1 Å². The zero-order valence-electron chi connectivity index (χ0n) is 8.81. The van der Waals surface area contributed by atoms with Gasteiger partial charge >= 0.3 is 0 Å². The van der Waals surface area contributed by atoms with Crippen LogP contribution in [0.25, 0.3) is 0 Å². The number of carbonyl (C=O) groups excluding carboxylic acids is 1. The first-order valence-electron chi connectivity index (χ1n) is 4.59. The molecule has 1 aromatic rings. The number of halogens is 2. The van der Waals surface area contributed by atoms with Crippen LogP contribution < -0.4 is 11.1 Å². The van der Waals surface area contributed by atoms with Gasteiger partial charge in [-0.15, -0.1) is 0 Å². The normalized spacial score (nSPS) is 9.94. The van der Waals surface area contributed by atoms with Crippen molar-refractivity contribution in [2.45, 2.75) is 6.92 Å². The largest absolute Gasteiger partial charge is 0.399 e. The molecule has 86 valence electrons. The van der Waals surface area contributed by atoms with E-state index in [0.717, 1.165) is 0 Å². The summed E-state index contributed by atoms with van der Waals surface area (Å²) in [6.45, 7) is 5.05. The van der Waals surface area contributed by atoms with Crippen molar-refractivity contribution >= 4 is 23.2 Å². The summed E-state index contributed by atoms with van der Waals surface area (Å²) in [6.07, 6.45) is 0. The zero-order chi connectivity index (χ0) is 12.3. The van der Waals surface area contributed by atoms with Crippen LogP contribution in [0.2, 0.25) is 0 Å². The molecule has 0 spiro atoms. The van der Waals surface area contributed by atoms with E-state index in [-0.39, 0.29) is 17.1 Å². The zero-order valence-corrected chi connectivity index (χ0v) is 9.57. The van der Waals surface area contributed by atoms with Gasteiger partial charge in [-0.3, -0.25) is 4.79 Å². The summed E-state index contributed by atoms with van der Waals surface area (Å²) in [6, 6.07) is 2.75. The molecule has 5 heteroatoms. The van der Waals surface area contributed by atoms with Gasteiger partial charge < -0.3 is 11.1 Å². The van der Waals surface area contributed by atoms with Crippen LogP contribution in [0.5, 0.6) is 0 Å². The molecule has 0 saturated heterocycles. The average Bonchev–Trinajstić information content (AvgIpc) is 2.19. The molecule has 1 amide bonds. The van der Waals surface area contributed by atoms with Gasteiger partial charge in [0.05, 0.1) is 12.1 Å². The van der Waals surface area contributed by atoms with E-state index in [4.69, 9.17) is 17.3 Å². The molecule has 0 heterocycles. The van der Waals surface area contributed by atoms with Crippen molar-refractivity contribution in [3.05, 3.63) is 40.7 Å². The van der Waals surface area contributed by atoms with Gasteiger partial charge in [0.25, 0.3) is 5.91 Å². The third-order valence-electron chi connectivity index (χ3n) is 1.96. The first-order chi connectivity index (χ1) is 7.41. The maximum Gasteiger partial charge on any atom is 0.254 e. The molecule has 0 aliphatic carbocycles. The highest BCUT2D eigenvalue weighted by atomic mass is 35.5. The number of hydrogen-bond donors (Lipinski definition) is 2. The van der Waals surface area contributed by atoms with Crippen LogP contribution in [0.3, 0.4) is 0 Å². The quantitative estimate of drug-likeness (QED) is 0.799. The Morgan fingerprint density at radius 1 is 1.62 bits per heavy atom. The molecule has 1 rings (SSSR count). The summed E-state index contributed by atoms with van der Waals surface area (Å²) >= 11 is 5.48. The molecule has 0 aromatic heterocycles. The van der Waals surface area contributed by atoms with Crippen LogP contribution in [0.15, 0.2) is 23.7 Å². The Morgan fingerprint density at radius 2 is 2.25 bits per heavy atom. The number of anilines is 1. The predicted octanol–water partition coefficient (Wildman–Crippen LogP) is 2.20. The van der Waals surface area contributed by atoms with Crippen molar-refractivity contribution in [3.8, 4) is 0 Å². The van der Waals surface area contributed by atoms with Crippen molar-refractivity contribution in [2.24, 2.45) is 0 Å². The molecule has 1 aromatic carbocycles. The number of rotatable bonds is 3. The molecule has 0 fully saturated rings. The Kier molecular flexibility index (Phi) is 3.90. The fraction of sp³-hybridized carbons (Fsp3) is 0.182. The highest BCUT2D eigenvalue weighted by molar-refractivity contribution is 6.29. The van der Waals surface area contributed by atoms with E-state index in [9.17, 15) is 9.18 Å². The van der Waals surface area contributed by atoms with E-state index in [1.165, 1.54) is 12.1 Å². The van der Waals surface area contributed by atoms with E-state index >= 15 is 0 Å². The minimum Gasteiger partial charge on any atom is -0.399 e. The third kappa shape index (κ3) is 2.97. The summed E-state index contributed by atoms with van der Waals surface area (Å²) in [7, 11) is 0. The molecule has 3 nitrogen and oxygen atoms in total. The van der Waals surface area contributed by atoms with Crippen LogP contribution in [0.1, 0.15) is 15.9 Å². The first kappa shape index (κ1) is 12.5. The second-order valence-electron chi connectivity index (χ2n) is 3.40. The fourth-order valence-corrected chi connectivity index (χ4v) is 1.30. The van der Waals surface area contributed by atoms with Gasteiger partial charge in [0.1, 0.15) is 5.82 Å². The van der Waals surface area contributed by atoms with E-state index < -0.39 is 11.7 Å². The topological polar surface area (TPSA) is 55.1 Å². The lowest BCUT2D eigenvalue weighted by molar-refractivity contribution is 0.0953. The van der Waals surface area contributed by atoms with Crippen LogP contribution >= 0.6 is 11.6 Å². The highest BCUT2D eigenvalue weighted by Crippen LogP contribution is 2.17. The van der Waals surface area contributed by atoms with E-state index in [2.05, 4.69) is 11.9 Å². The number of aryl methyl sites for hydroxylation is 1. The summed E-state index contributed by atoms with van der Waals surface area (Å²) in [5.74, 6) is -1.14. The lowest BCUT2D eigenvalue weighted by Gasteiger charge is -2.08. The van der Waals surface area contributed by atoms with Gasteiger partial charge in [-0.25, -0.2) is 4.39 Å². The molecule has 0 aliphatic heterocycles. The fourth-order valence-electron chi connectivity index (χ4n) is 1.23. The highest BCUT2D eigenvalue weighted by Gasteiger charge is 2.14. The monoisotopic (exact) mass is 242 g/mol. The molecule has 16 heavy (non-hydrogen) atoms. The predicted molar refractivity (Wildman–Crippen MR) is 62.9 cm³/mol. The summed E-state index contributed by atoms with van der Waals surface area (Å²) < 4.78 is 13.6.